The first-order valence-corrected chi connectivity index (χ1v) is 10.7. The summed E-state index contributed by atoms with van der Waals surface area (Å²) >= 11 is 5.99. The lowest BCUT2D eigenvalue weighted by Crippen LogP contribution is -2.48. The standard InChI is InChI=1S/C23H31ClN2O5/c1-16(2)26(23(28)17(3)24)15-22(27)25(14-19-7-6-12-31-19)11-10-18-8-9-20(29-4)21(13-18)30-5/h6-9,12-13,16-17H,10-11,14-15H2,1-5H3. The zero-order valence-electron chi connectivity index (χ0n) is 18.8. The van der Waals surface area contributed by atoms with Gasteiger partial charge in [-0.05, 0) is 57.0 Å². The number of nitrogens with zero attached hydrogens (tertiary/aromatic N) is 2. The Kier molecular flexibility index (Phi) is 9.24. The van der Waals surface area contributed by atoms with E-state index in [-0.39, 0.29) is 24.4 Å². The molecule has 0 aliphatic carbocycles. The summed E-state index contributed by atoms with van der Waals surface area (Å²) in [5.74, 6) is 1.53. The molecule has 7 nitrogen and oxygen atoms in total. The average Bonchev–Trinajstić information content (AvgIpc) is 3.26. The molecule has 1 atom stereocenters. The predicted octanol–water partition coefficient (Wildman–Crippen LogP) is 3.73. The van der Waals surface area contributed by atoms with Crippen LogP contribution in [0.15, 0.2) is 41.0 Å². The van der Waals surface area contributed by atoms with E-state index in [4.69, 9.17) is 25.5 Å². The van der Waals surface area contributed by atoms with Crippen LogP contribution in [0.3, 0.4) is 0 Å². The maximum absolute atomic E-state index is 13.2. The third-order valence-corrected chi connectivity index (χ3v) is 5.14. The molecule has 1 heterocycles. The molecule has 2 amide bonds. The lowest BCUT2D eigenvalue weighted by atomic mass is 10.1. The van der Waals surface area contributed by atoms with Crippen LogP contribution in [0.1, 0.15) is 32.1 Å². The number of rotatable bonds is 11. The Bertz CT molecular complexity index is 852. The Hall–Kier alpha value is -2.67. The highest BCUT2D eigenvalue weighted by atomic mass is 35.5. The molecular weight excluding hydrogens is 420 g/mol. The van der Waals surface area contributed by atoms with Crippen molar-refractivity contribution in [2.75, 3.05) is 27.3 Å². The van der Waals surface area contributed by atoms with E-state index in [9.17, 15) is 9.59 Å². The molecular formula is C23H31ClN2O5. The Balaban J connectivity index is 2.16. The lowest BCUT2D eigenvalue weighted by Gasteiger charge is -2.30. The molecule has 0 saturated carbocycles. The van der Waals surface area contributed by atoms with Crippen LogP contribution in [0.2, 0.25) is 0 Å². The zero-order chi connectivity index (χ0) is 23.0. The van der Waals surface area contributed by atoms with Crippen molar-refractivity contribution >= 4 is 23.4 Å². The van der Waals surface area contributed by atoms with Crippen molar-refractivity contribution < 1.29 is 23.5 Å². The van der Waals surface area contributed by atoms with E-state index in [0.29, 0.717) is 36.8 Å². The van der Waals surface area contributed by atoms with Crippen LogP contribution in [-0.2, 0) is 22.6 Å². The van der Waals surface area contributed by atoms with Gasteiger partial charge in [0.2, 0.25) is 11.8 Å². The van der Waals surface area contributed by atoms with Crippen molar-refractivity contribution in [2.45, 2.75) is 45.2 Å². The summed E-state index contributed by atoms with van der Waals surface area (Å²) in [5.41, 5.74) is 1.00. The molecule has 8 heteroatoms. The minimum atomic E-state index is -0.694. The van der Waals surface area contributed by atoms with Gasteiger partial charge < -0.3 is 23.7 Å². The number of hydrogen-bond acceptors (Lipinski definition) is 5. The summed E-state index contributed by atoms with van der Waals surface area (Å²) in [7, 11) is 3.18. The smallest absolute Gasteiger partial charge is 0.242 e. The molecule has 1 unspecified atom stereocenters. The number of halogens is 1. The van der Waals surface area contributed by atoms with E-state index in [1.807, 2.05) is 38.1 Å². The van der Waals surface area contributed by atoms with Crippen LogP contribution in [0.5, 0.6) is 11.5 Å². The summed E-state index contributed by atoms with van der Waals surface area (Å²) in [6.07, 6.45) is 2.18. The number of carbonyl (C=O) groups is 2. The third-order valence-electron chi connectivity index (χ3n) is 4.95. The first-order valence-electron chi connectivity index (χ1n) is 10.2. The van der Waals surface area contributed by atoms with Gasteiger partial charge in [-0.25, -0.2) is 0 Å². The van der Waals surface area contributed by atoms with Crippen molar-refractivity contribution in [1.29, 1.82) is 0 Å². The second kappa shape index (κ2) is 11.6. The van der Waals surface area contributed by atoms with E-state index in [0.717, 1.165) is 5.56 Å². The number of furan rings is 1. The van der Waals surface area contributed by atoms with Crippen LogP contribution in [-0.4, -0.2) is 60.3 Å². The van der Waals surface area contributed by atoms with Crippen LogP contribution in [0.4, 0.5) is 0 Å². The summed E-state index contributed by atoms with van der Waals surface area (Å²) in [5, 5.41) is -0.694. The SMILES string of the molecule is COc1ccc(CCN(Cc2ccco2)C(=O)CN(C(=O)C(C)Cl)C(C)C)cc1OC. The monoisotopic (exact) mass is 450 g/mol. The second-order valence-electron chi connectivity index (χ2n) is 7.51. The highest BCUT2D eigenvalue weighted by Gasteiger charge is 2.26. The Morgan fingerprint density at radius 3 is 2.35 bits per heavy atom. The number of amides is 2. The van der Waals surface area contributed by atoms with Gasteiger partial charge in [-0.1, -0.05) is 6.07 Å². The molecule has 0 saturated heterocycles. The zero-order valence-corrected chi connectivity index (χ0v) is 19.5. The number of benzene rings is 1. The number of alkyl halides is 1. The highest BCUT2D eigenvalue weighted by molar-refractivity contribution is 6.30. The number of carbonyl (C=O) groups excluding carboxylic acids is 2. The molecule has 0 spiro atoms. The fourth-order valence-corrected chi connectivity index (χ4v) is 3.30. The van der Waals surface area contributed by atoms with E-state index >= 15 is 0 Å². The largest absolute Gasteiger partial charge is 0.493 e. The van der Waals surface area contributed by atoms with Crippen molar-refractivity contribution in [1.82, 2.24) is 9.80 Å². The molecule has 0 radical (unpaired) electrons. The molecule has 0 aliphatic rings. The van der Waals surface area contributed by atoms with Crippen LogP contribution >= 0.6 is 11.6 Å². The summed E-state index contributed by atoms with van der Waals surface area (Å²) in [6, 6.07) is 9.14. The molecule has 170 valence electrons. The van der Waals surface area contributed by atoms with Crippen LogP contribution < -0.4 is 9.47 Å². The first kappa shape index (κ1) is 24.6. The maximum Gasteiger partial charge on any atom is 0.242 e. The van der Waals surface area contributed by atoms with Crippen LogP contribution in [0.25, 0.3) is 0 Å². The molecule has 31 heavy (non-hydrogen) atoms. The van der Waals surface area contributed by atoms with E-state index in [1.165, 1.54) is 4.90 Å². The van der Waals surface area contributed by atoms with Gasteiger partial charge in [0.1, 0.15) is 17.7 Å². The molecule has 0 bridgehead atoms. The van der Waals surface area contributed by atoms with Gasteiger partial charge in [-0.15, -0.1) is 11.6 Å². The quantitative estimate of drug-likeness (QED) is 0.488. The van der Waals surface area contributed by atoms with Gasteiger partial charge >= 0.3 is 0 Å². The van der Waals surface area contributed by atoms with Gasteiger partial charge in [0, 0.05) is 12.6 Å². The minimum absolute atomic E-state index is 0.0415. The summed E-state index contributed by atoms with van der Waals surface area (Å²) in [4.78, 5) is 28.8. The van der Waals surface area contributed by atoms with Crippen molar-refractivity contribution in [3.05, 3.63) is 47.9 Å². The maximum atomic E-state index is 13.2. The Labute approximate surface area is 188 Å². The molecule has 0 aliphatic heterocycles. The van der Waals surface area contributed by atoms with E-state index in [2.05, 4.69) is 0 Å². The Morgan fingerprint density at radius 2 is 1.81 bits per heavy atom. The lowest BCUT2D eigenvalue weighted by molar-refractivity contribution is -0.142. The average molecular weight is 451 g/mol. The van der Waals surface area contributed by atoms with Gasteiger partial charge in [-0.2, -0.15) is 0 Å². The molecule has 1 aromatic heterocycles. The second-order valence-corrected chi connectivity index (χ2v) is 8.16. The number of hydrogen-bond donors (Lipinski definition) is 0. The van der Waals surface area contributed by atoms with Crippen molar-refractivity contribution in [2.24, 2.45) is 0 Å². The number of methoxy groups -OCH3 is 2. The normalized spacial score (nSPS) is 11.8. The number of ether oxygens (including phenoxy) is 2. The third kappa shape index (κ3) is 6.92. The molecule has 2 aromatic rings. The van der Waals surface area contributed by atoms with Gasteiger partial charge in [0.05, 0.1) is 27.0 Å². The summed E-state index contributed by atoms with van der Waals surface area (Å²) in [6.45, 7) is 6.07. The molecule has 2 rings (SSSR count). The molecule has 0 N–H and O–H groups in total. The summed E-state index contributed by atoms with van der Waals surface area (Å²) < 4.78 is 16.1. The highest BCUT2D eigenvalue weighted by Crippen LogP contribution is 2.27. The predicted molar refractivity (Wildman–Crippen MR) is 120 cm³/mol. The fraction of sp³-hybridized carbons (Fsp3) is 0.478. The van der Waals surface area contributed by atoms with E-state index in [1.54, 1.807) is 38.4 Å². The van der Waals surface area contributed by atoms with Crippen molar-refractivity contribution in [3.8, 4) is 11.5 Å². The van der Waals surface area contributed by atoms with Crippen molar-refractivity contribution in [3.63, 3.8) is 0 Å². The minimum Gasteiger partial charge on any atom is -0.493 e. The van der Waals surface area contributed by atoms with Gasteiger partial charge in [0.25, 0.3) is 0 Å². The molecule has 0 fully saturated rings. The van der Waals surface area contributed by atoms with Gasteiger partial charge in [0.15, 0.2) is 11.5 Å². The fourth-order valence-electron chi connectivity index (χ4n) is 3.17. The van der Waals surface area contributed by atoms with Crippen LogP contribution in [0, 0.1) is 0 Å². The molecule has 1 aromatic carbocycles. The van der Waals surface area contributed by atoms with Gasteiger partial charge in [-0.3, -0.25) is 9.59 Å². The van der Waals surface area contributed by atoms with E-state index < -0.39 is 5.38 Å². The first-order chi connectivity index (χ1) is 14.8. The Morgan fingerprint density at radius 1 is 1.10 bits per heavy atom. The topological polar surface area (TPSA) is 72.2 Å².